The maximum Gasteiger partial charge on any atom is 0.306 e. The van der Waals surface area contributed by atoms with Gasteiger partial charge < -0.3 is 64.2 Å². The molecule has 0 aliphatic carbocycles. The number of carbonyl (C=O) groups is 2. The molecule has 65 heavy (non-hydrogen) atoms. The number of rotatable bonds is 37. The monoisotopic (exact) mass is 927 g/mol. The summed E-state index contributed by atoms with van der Waals surface area (Å²) in [7, 11) is 0. The van der Waals surface area contributed by atoms with Crippen molar-refractivity contribution in [1.82, 2.24) is 0 Å². The van der Waals surface area contributed by atoms with Gasteiger partial charge in [0.2, 0.25) is 0 Å². The molecule has 15 nitrogen and oxygen atoms in total. The molecule has 15 heteroatoms. The molecule has 2 rings (SSSR count). The number of carbonyl (C=O) groups excluding carboxylic acids is 2. The Bertz CT molecular complexity index is 1320. The lowest BCUT2D eigenvalue weighted by atomic mass is 9.98. The van der Waals surface area contributed by atoms with E-state index in [1.807, 2.05) is 0 Å². The lowest BCUT2D eigenvalue weighted by Crippen LogP contribution is -2.61. The normalized spacial score (nSPS) is 26.8. The number of aliphatic hydroxyl groups excluding tert-OH is 7. The highest BCUT2D eigenvalue weighted by Crippen LogP contribution is 2.26. The number of ether oxygens (including phenoxy) is 6. The Labute approximate surface area is 388 Å². The maximum absolute atomic E-state index is 13.0. The van der Waals surface area contributed by atoms with Crippen LogP contribution in [0.2, 0.25) is 0 Å². The molecule has 376 valence electrons. The van der Waals surface area contributed by atoms with E-state index < -0.39 is 99.3 Å². The van der Waals surface area contributed by atoms with E-state index in [1.165, 1.54) is 57.8 Å². The first-order valence-electron chi connectivity index (χ1n) is 24.7. The van der Waals surface area contributed by atoms with Crippen LogP contribution >= 0.6 is 0 Å². The van der Waals surface area contributed by atoms with Crippen LogP contribution in [0, 0.1) is 0 Å². The zero-order valence-electron chi connectivity index (χ0n) is 39.5. The van der Waals surface area contributed by atoms with Gasteiger partial charge in [0.1, 0.15) is 55.4 Å². The summed E-state index contributed by atoms with van der Waals surface area (Å²) in [6, 6.07) is 0. The van der Waals surface area contributed by atoms with Gasteiger partial charge in [-0.1, -0.05) is 146 Å². The maximum atomic E-state index is 13.0. The highest BCUT2D eigenvalue weighted by atomic mass is 16.7. The summed E-state index contributed by atoms with van der Waals surface area (Å²) in [6.07, 6.45) is 22.8. The zero-order chi connectivity index (χ0) is 47.5. The molecule has 2 saturated heterocycles. The van der Waals surface area contributed by atoms with Crippen LogP contribution in [0.5, 0.6) is 0 Å². The van der Waals surface area contributed by atoms with Crippen LogP contribution in [-0.2, 0) is 38.0 Å². The molecule has 0 saturated carbocycles. The Balaban J connectivity index is 1.84. The van der Waals surface area contributed by atoms with Crippen LogP contribution in [0.15, 0.2) is 48.6 Å². The van der Waals surface area contributed by atoms with Crippen molar-refractivity contribution in [3.05, 3.63) is 48.6 Å². The Kier molecular flexibility index (Phi) is 33.7. The summed E-state index contributed by atoms with van der Waals surface area (Å²) in [5, 5.41) is 72.0. The third-order valence-corrected chi connectivity index (χ3v) is 11.5. The summed E-state index contributed by atoms with van der Waals surface area (Å²) in [4.78, 5) is 25.7. The topological polar surface area (TPSA) is 231 Å². The van der Waals surface area contributed by atoms with Gasteiger partial charge in [-0.15, -0.1) is 0 Å². The summed E-state index contributed by atoms with van der Waals surface area (Å²) >= 11 is 0. The molecule has 2 heterocycles. The van der Waals surface area contributed by atoms with Crippen molar-refractivity contribution in [2.45, 2.75) is 229 Å². The Hall–Kier alpha value is -2.54. The SMILES string of the molecule is CCC/C=C/C/C=C/C/C=C/C/C=C/CCCCCC(=O)O[C@H](COC(=O)CCCCCCCCCCCCCC)CO[C@H]1O[C@@H](CO[C@H]2O[C@@H](CO)[C@@H](O)C(O)C2O)[C@@H](O)C(O)C1O. The van der Waals surface area contributed by atoms with Crippen molar-refractivity contribution in [3.8, 4) is 0 Å². The molecular formula is C50H86O15. The van der Waals surface area contributed by atoms with Crippen molar-refractivity contribution in [2.75, 3.05) is 26.4 Å². The molecule has 0 aromatic carbocycles. The summed E-state index contributed by atoms with van der Waals surface area (Å²) in [5.74, 6) is -0.962. The summed E-state index contributed by atoms with van der Waals surface area (Å²) in [6.45, 7) is 2.47. The quantitative estimate of drug-likeness (QED) is 0.0205. The number of hydrogen-bond donors (Lipinski definition) is 7. The highest BCUT2D eigenvalue weighted by molar-refractivity contribution is 5.70. The lowest BCUT2D eigenvalue weighted by Gasteiger charge is -2.42. The van der Waals surface area contributed by atoms with Gasteiger partial charge in [0.05, 0.1) is 19.8 Å². The average molecular weight is 927 g/mol. The van der Waals surface area contributed by atoms with Crippen molar-refractivity contribution < 1.29 is 73.8 Å². The largest absolute Gasteiger partial charge is 0.462 e. The van der Waals surface area contributed by atoms with E-state index in [2.05, 4.69) is 62.5 Å². The molecule has 0 spiro atoms. The van der Waals surface area contributed by atoms with Crippen LogP contribution in [0.1, 0.15) is 162 Å². The Morgan fingerprint density at radius 3 is 1.51 bits per heavy atom. The average Bonchev–Trinajstić information content (AvgIpc) is 3.30. The van der Waals surface area contributed by atoms with E-state index in [9.17, 15) is 45.3 Å². The second-order valence-corrected chi connectivity index (χ2v) is 17.3. The predicted molar refractivity (Wildman–Crippen MR) is 247 cm³/mol. The van der Waals surface area contributed by atoms with Gasteiger partial charge in [0, 0.05) is 12.8 Å². The second kappa shape index (κ2) is 37.4. The van der Waals surface area contributed by atoms with E-state index >= 15 is 0 Å². The van der Waals surface area contributed by atoms with Gasteiger partial charge in [-0.2, -0.15) is 0 Å². The number of allylic oxidation sites excluding steroid dienone is 8. The fraction of sp³-hybridized carbons (Fsp3) is 0.800. The van der Waals surface area contributed by atoms with Crippen LogP contribution in [-0.4, -0.2) is 142 Å². The van der Waals surface area contributed by atoms with Crippen LogP contribution < -0.4 is 0 Å². The first-order valence-corrected chi connectivity index (χ1v) is 24.7. The molecule has 4 unspecified atom stereocenters. The van der Waals surface area contributed by atoms with Gasteiger partial charge in [0.15, 0.2) is 18.7 Å². The molecule has 2 aliphatic heterocycles. The molecule has 7 N–H and O–H groups in total. The summed E-state index contributed by atoms with van der Waals surface area (Å²) < 4.78 is 33.5. The zero-order valence-corrected chi connectivity index (χ0v) is 39.5. The third kappa shape index (κ3) is 26.0. The number of esters is 2. The van der Waals surface area contributed by atoms with E-state index in [0.717, 1.165) is 64.2 Å². The molecule has 11 atom stereocenters. The molecule has 2 aliphatic rings. The van der Waals surface area contributed by atoms with Gasteiger partial charge in [-0.25, -0.2) is 0 Å². The van der Waals surface area contributed by atoms with Crippen molar-refractivity contribution in [2.24, 2.45) is 0 Å². The van der Waals surface area contributed by atoms with Gasteiger partial charge in [-0.05, 0) is 51.4 Å². The Morgan fingerprint density at radius 1 is 0.492 bits per heavy atom. The highest BCUT2D eigenvalue weighted by Gasteiger charge is 2.47. The minimum absolute atomic E-state index is 0.127. The molecular weight excluding hydrogens is 841 g/mol. The van der Waals surface area contributed by atoms with E-state index in [4.69, 9.17) is 28.4 Å². The molecule has 0 aromatic heterocycles. The lowest BCUT2D eigenvalue weighted by molar-refractivity contribution is -0.332. The van der Waals surface area contributed by atoms with Crippen LogP contribution in [0.25, 0.3) is 0 Å². The number of aliphatic hydroxyl groups is 7. The first kappa shape index (κ1) is 58.6. The van der Waals surface area contributed by atoms with Crippen molar-refractivity contribution >= 4 is 11.9 Å². The van der Waals surface area contributed by atoms with Crippen LogP contribution in [0.4, 0.5) is 0 Å². The summed E-state index contributed by atoms with van der Waals surface area (Å²) in [5.41, 5.74) is 0. The molecule has 0 amide bonds. The fourth-order valence-corrected chi connectivity index (χ4v) is 7.44. The standard InChI is InChI=1S/C50H86O15/c1-3-5-7-9-11-13-15-17-18-19-20-21-23-25-27-29-31-33-42(53)63-38(35-60-41(52)32-30-28-26-24-22-16-14-12-10-8-6-4-2)36-61-49-48(59)46(57)44(55)40(65-49)37-62-50-47(58)45(56)43(54)39(34-51)64-50/h7,9,13,15,18-19,21,23,38-40,43-51,54-59H,3-6,8,10-12,14,16-17,20,22,24-37H2,1-2H3/b9-7+,15-13+,19-18+,23-21+/t38-,39+,40+,43-,44-,45?,46?,47?,48?,49+,50+/m1/s1. The number of hydrogen-bond acceptors (Lipinski definition) is 15. The van der Waals surface area contributed by atoms with E-state index in [0.29, 0.717) is 12.8 Å². The van der Waals surface area contributed by atoms with Crippen LogP contribution in [0.3, 0.4) is 0 Å². The fourth-order valence-electron chi connectivity index (χ4n) is 7.44. The third-order valence-electron chi connectivity index (χ3n) is 11.5. The van der Waals surface area contributed by atoms with E-state index in [-0.39, 0.29) is 19.4 Å². The van der Waals surface area contributed by atoms with Gasteiger partial charge in [0.25, 0.3) is 0 Å². The molecule has 0 bridgehead atoms. The predicted octanol–water partition coefficient (Wildman–Crippen LogP) is 6.32. The smallest absolute Gasteiger partial charge is 0.306 e. The molecule has 0 radical (unpaired) electrons. The van der Waals surface area contributed by atoms with E-state index in [1.54, 1.807) is 0 Å². The van der Waals surface area contributed by atoms with Crippen molar-refractivity contribution in [1.29, 1.82) is 0 Å². The molecule has 0 aromatic rings. The molecule has 2 fully saturated rings. The van der Waals surface area contributed by atoms with Gasteiger partial charge >= 0.3 is 11.9 Å². The van der Waals surface area contributed by atoms with Crippen molar-refractivity contribution in [3.63, 3.8) is 0 Å². The Morgan fingerprint density at radius 2 is 0.954 bits per heavy atom. The minimum Gasteiger partial charge on any atom is -0.462 e. The second-order valence-electron chi connectivity index (χ2n) is 17.3. The first-order chi connectivity index (χ1) is 31.5. The number of unbranched alkanes of at least 4 members (excludes halogenated alkanes) is 15. The minimum atomic E-state index is -1.77. The van der Waals surface area contributed by atoms with Gasteiger partial charge in [-0.3, -0.25) is 9.59 Å².